The van der Waals surface area contributed by atoms with Crippen LogP contribution in [0.4, 0.5) is 0 Å². The van der Waals surface area contributed by atoms with Crippen LogP contribution in [-0.4, -0.2) is 6.21 Å². The Morgan fingerprint density at radius 2 is 2.38 bits per heavy atom. The Hall–Kier alpha value is -0.590. The van der Waals surface area contributed by atoms with E-state index in [0.717, 1.165) is 11.6 Å². The van der Waals surface area contributed by atoms with Crippen LogP contribution in [-0.2, 0) is 0 Å². The Labute approximate surface area is 50.1 Å². The molecule has 8 heavy (non-hydrogen) atoms. The van der Waals surface area contributed by atoms with E-state index in [-0.39, 0.29) is 0 Å². The monoisotopic (exact) mass is 109 g/mol. The lowest BCUT2D eigenvalue weighted by Gasteiger charge is -1.89. The maximum atomic E-state index is 4.07. The Balaban J connectivity index is 2.33. The van der Waals surface area contributed by atoms with Crippen LogP contribution in [0.2, 0.25) is 0 Å². The van der Waals surface area contributed by atoms with E-state index in [1.165, 1.54) is 12.8 Å². The molecule has 0 atom stereocenters. The van der Waals surface area contributed by atoms with Gasteiger partial charge in [0.2, 0.25) is 0 Å². The first kappa shape index (κ1) is 5.54. The van der Waals surface area contributed by atoms with Gasteiger partial charge >= 0.3 is 0 Å². The van der Waals surface area contributed by atoms with Gasteiger partial charge in [-0.1, -0.05) is 6.58 Å². The van der Waals surface area contributed by atoms with Crippen LogP contribution >= 0.6 is 0 Å². The Bertz CT molecular complexity index is 120. The molecule has 1 aliphatic rings. The highest BCUT2D eigenvalue weighted by Gasteiger charge is 2.23. The lowest BCUT2D eigenvalue weighted by atomic mass is 10.3. The molecule has 0 saturated heterocycles. The van der Waals surface area contributed by atoms with Gasteiger partial charge in [-0.25, -0.2) is 0 Å². The van der Waals surface area contributed by atoms with Crippen LogP contribution in [0.25, 0.3) is 0 Å². The summed E-state index contributed by atoms with van der Waals surface area (Å²) in [5.41, 5.74) is 1.06. The van der Waals surface area contributed by atoms with E-state index in [9.17, 15) is 0 Å². The molecule has 1 saturated carbocycles. The fourth-order valence-corrected chi connectivity index (χ4v) is 0.688. The van der Waals surface area contributed by atoms with Gasteiger partial charge in [0.1, 0.15) is 0 Å². The van der Waals surface area contributed by atoms with Crippen LogP contribution < -0.4 is 0 Å². The number of hydrogen-bond acceptors (Lipinski definition) is 1. The van der Waals surface area contributed by atoms with Crippen molar-refractivity contribution in [2.24, 2.45) is 10.9 Å². The number of aliphatic imine (C=N–C) groups is 1. The van der Waals surface area contributed by atoms with Gasteiger partial charge in [-0.2, -0.15) is 0 Å². The van der Waals surface area contributed by atoms with Crippen LogP contribution in [0.1, 0.15) is 19.8 Å². The number of allylic oxidation sites excluding steroid dienone is 1. The third-order valence-corrected chi connectivity index (χ3v) is 1.34. The van der Waals surface area contributed by atoms with E-state index in [1.54, 1.807) is 6.21 Å². The first-order valence-electron chi connectivity index (χ1n) is 3.02. The molecular weight excluding hydrogens is 98.1 g/mol. The molecule has 0 N–H and O–H groups in total. The van der Waals surface area contributed by atoms with Gasteiger partial charge in [0, 0.05) is 17.8 Å². The van der Waals surface area contributed by atoms with Crippen molar-refractivity contribution in [1.29, 1.82) is 0 Å². The van der Waals surface area contributed by atoms with Gasteiger partial charge < -0.3 is 0 Å². The number of nitrogens with zero attached hydrogens (tertiary/aromatic N) is 1. The third-order valence-electron chi connectivity index (χ3n) is 1.34. The van der Waals surface area contributed by atoms with Gasteiger partial charge in [-0.15, -0.1) is 0 Å². The molecule has 1 heteroatoms. The van der Waals surface area contributed by atoms with Crippen molar-refractivity contribution in [3.8, 4) is 0 Å². The second-order valence-electron chi connectivity index (χ2n) is 2.15. The summed E-state index contributed by atoms with van der Waals surface area (Å²) in [6.45, 7) is 5.73. The van der Waals surface area contributed by atoms with Crippen molar-refractivity contribution in [1.82, 2.24) is 0 Å². The molecule has 0 unspecified atom stereocenters. The summed E-state index contributed by atoms with van der Waals surface area (Å²) >= 11 is 0. The van der Waals surface area contributed by atoms with E-state index < -0.39 is 0 Å². The smallest absolute Gasteiger partial charge is 0.0358 e. The van der Waals surface area contributed by atoms with Crippen molar-refractivity contribution < 1.29 is 0 Å². The molecule has 1 fully saturated rings. The maximum Gasteiger partial charge on any atom is 0.0358 e. The average Bonchev–Trinajstić information content (AvgIpc) is 2.45. The van der Waals surface area contributed by atoms with E-state index in [2.05, 4.69) is 11.6 Å². The van der Waals surface area contributed by atoms with Gasteiger partial charge in [0.25, 0.3) is 0 Å². The lowest BCUT2D eigenvalue weighted by molar-refractivity contribution is 0.992. The first-order chi connectivity index (χ1) is 3.84. The van der Waals surface area contributed by atoms with Crippen LogP contribution in [0.15, 0.2) is 17.3 Å². The van der Waals surface area contributed by atoms with Crippen molar-refractivity contribution >= 4 is 6.21 Å². The summed E-state index contributed by atoms with van der Waals surface area (Å²) in [7, 11) is 0. The van der Waals surface area contributed by atoms with Gasteiger partial charge in [-0.3, -0.25) is 4.99 Å². The highest BCUT2D eigenvalue weighted by Crippen LogP contribution is 2.35. The van der Waals surface area contributed by atoms with Gasteiger partial charge in [0.05, 0.1) is 0 Å². The minimum Gasteiger partial charge on any atom is -0.266 e. The fraction of sp³-hybridized carbons (Fsp3) is 0.571. The minimum atomic E-state index is 0.728. The van der Waals surface area contributed by atoms with Crippen molar-refractivity contribution in [3.63, 3.8) is 0 Å². The molecule has 0 amide bonds. The summed E-state index contributed by atoms with van der Waals surface area (Å²) in [6.07, 6.45) is 4.41. The molecule has 44 valence electrons. The fourth-order valence-electron chi connectivity index (χ4n) is 0.688. The molecule has 0 aliphatic heterocycles. The van der Waals surface area contributed by atoms with Gasteiger partial charge in [0.15, 0.2) is 0 Å². The summed E-state index contributed by atoms with van der Waals surface area (Å²) in [6, 6.07) is 0. The molecule has 0 aromatic carbocycles. The minimum absolute atomic E-state index is 0.728. The predicted molar refractivity (Wildman–Crippen MR) is 36.0 cm³/mol. The molecular formula is C7H11N. The first-order valence-corrected chi connectivity index (χ1v) is 3.02. The second-order valence-corrected chi connectivity index (χ2v) is 2.15. The summed E-state index contributed by atoms with van der Waals surface area (Å²) in [5, 5.41) is 0. The highest BCUT2D eigenvalue weighted by molar-refractivity contribution is 5.55. The molecule has 0 radical (unpaired) electrons. The van der Waals surface area contributed by atoms with E-state index in [0.29, 0.717) is 0 Å². The molecule has 0 aromatic rings. The predicted octanol–water partition coefficient (Wildman–Crippen LogP) is 2.00. The van der Waals surface area contributed by atoms with E-state index in [1.807, 2.05) is 6.92 Å². The zero-order valence-corrected chi connectivity index (χ0v) is 5.22. The molecule has 0 spiro atoms. The number of hydrogen-bond donors (Lipinski definition) is 0. The van der Waals surface area contributed by atoms with Crippen LogP contribution in [0.5, 0.6) is 0 Å². The Kier molecular flexibility index (Phi) is 1.47. The van der Waals surface area contributed by atoms with E-state index >= 15 is 0 Å². The molecule has 0 bridgehead atoms. The molecule has 1 aliphatic carbocycles. The summed E-state index contributed by atoms with van der Waals surface area (Å²) in [4.78, 5) is 4.07. The Morgan fingerprint density at radius 1 is 1.75 bits per heavy atom. The maximum absolute atomic E-state index is 4.07. The molecule has 1 nitrogen and oxygen atoms in total. The average molecular weight is 109 g/mol. The molecule has 1 rings (SSSR count). The number of rotatable bonds is 2. The van der Waals surface area contributed by atoms with Crippen molar-refractivity contribution in [3.05, 3.63) is 12.3 Å². The highest BCUT2D eigenvalue weighted by atomic mass is 14.7. The quantitative estimate of drug-likeness (QED) is 0.481. The molecule has 0 aromatic heterocycles. The summed E-state index contributed by atoms with van der Waals surface area (Å²) in [5.74, 6) is 0.728. The zero-order valence-electron chi connectivity index (χ0n) is 5.22. The largest absolute Gasteiger partial charge is 0.266 e. The normalized spacial score (nSPS) is 19.6. The lowest BCUT2D eigenvalue weighted by Crippen LogP contribution is -1.75. The van der Waals surface area contributed by atoms with Crippen molar-refractivity contribution in [2.75, 3.05) is 0 Å². The van der Waals surface area contributed by atoms with Gasteiger partial charge in [-0.05, 0) is 19.8 Å². The van der Waals surface area contributed by atoms with Crippen LogP contribution in [0.3, 0.4) is 0 Å². The molecule has 0 heterocycles. The summed E-state index contributed by atoms with van der Waals surface area (Å²) < 4.78 is 0. The third kappa shape index (κ3) is 1.19. The topological polar surface area (TPSA) is 12.4 Å². The van der Waals surface area contributed by atoms with E-state index in [4.69, 9.17) is 0 Å². The SMILES string of the molecule is C=C(/N=C\C)C1CC1. The Morgan fingerprint density at radius 3 is 2.75 bits per heavy atom. The zero-order chi connectivity index (χ0) is 5.98. The van der Waals surface area contributed by atoms with Crippen molar-refractivity contribution in [2.45, 2.75) is 19.8 Å². The van der Waals surface area contributed by atoms with Crippen LogP contribution in [0, 0.1) is 5.92 Å². The second kappa shape index (κ2) is 2.12. The standard InChI is InChI=1S/C7H11N/c1-3-8-6(2)7-4-5-7/h3,7H,2,4-5H2,1H3/b8-3-.